The quantitative estimate of drug-likeness (QED) is 0.809. The van der Waals surface area contributed by atoms with Gasteiger partial charge >= 0.3 is 0 Å². The standard InChI is InChI=1S/C9H10ClNO2S/c1-12-7-4-5(10)3-6(9(11)14)8(7)13-2/h3-4H,1-2H3,(H2,11,14). The van der Waals surface area contributed by atoms with E-state index in [1.165, 1.54) is 14.2 Å². The third-order valence-electron chi connectivity index (χ3n) is 1.71. The van der Waals surface area contributed by atoms with Crippen molar-refractivity contribution in [3.8, 4) is 11.5 Å². The highest BCUT2D eigenvalue weighted by atomic mass is 35.5. The Morgan fingerprint density at radius 2 is 2.00 bits per heavy atom. The van der Waals surface area contributed by atoms with E-state index in [-0.39, 0.29) is 4.99 Å². The fourth-order valence-corrected chi connectivity index (χ4v) is 1.47. The third kappa shape index (κ3) is 2.08. The summed E-state index contributed by atoms with van der Waals surface area (Å²) in [6.45, 7) is 0. The van der Waals surface area contributed by atoms with E-state index in [1.54, 1.807) is 12.1 Å². The lowest BCUT2D eigenvalue weighted by molar-refractivity contribution is 0.354. The zero-order valence-electron chi connectivity index (χ0n) is 7.83. The predicted molar refractivity (Wildman–Crippen MR) is 60.4 cm³/mol. The van der Waals surface area contributed by atoms with Crippen molar-refractivity contribution in [3.63, 3.8) is 0 Å². The molecule has 0 bridgehead atoms. The smallest absolute Gasteiger partial charge is 0.170 e. The molecule has 76 valence electrons. The first-order chi connectivity index (χ1) is 6.60. The van der Waals surface area contributed by atoms with Gasteiger partial charge in [-0.15, -0.1) is 0 Å². The van der Waals surface area contributed by atoms with Crippen molar-refractivity contribution in [1.29, 1.82) is 0 Å². The van der Waals surface area contributed by atoms with Crippen LogP contribution < -0.4 is 15.2 Å². The average Bonchev–Trinajstić information content (AvgIpc) is 2.16. The molecule has 0 saturated heterocycles. The lowest BCUT2D eigenvalue weighted by Gasteiger charge is -2.12. The summed E-state index contributed by atoms with van der Waals surface area (Å²) in [5.74, 6) is 1.02. The van der Waals surface area contributed by atoms with Gasteiger partial charge in [-0.2, -0.15) is 0 Å². The molecule has 0 heterocycles. The number of benzene rings is 1. The van der Waals surface area contributed by atoms with E-state index >= 15 is 0 Å². The van der Waals surface area contributed by atoms with Crippen LogP contribution in [-0.4, -0.2) is 19.2 Å². The van der Waals surface area contributed by atoms with Crippen LogP contribution in [0.15, 0.2) is 12.1 Å². The number of nitrogens with two attached hydrogens (primary N) is 1. The molecule has 0 fully saturated rings. The van der Waals surface area contributed by atoms with Crippen LogP contribution in [0.5, 0.6) is 11.5 Å². The number of rotatable bonds is 3. The maximum Gasteiger partial charge on any atom is 0.170 e. The van der Waals surface area contributed by atoms with Crippen LogP contribution in [0.2, 0.25) is 5.02 Å². The lowest BCUT2D eigenvalue weighted by Crippen LogP contribution is -2.11. The Labute approximate surface area is 92.8 Å². The number of thiocarbonyl (C=S) groups is 1. The second-order valence-corrected chi connectivity index (χ2v) is 3.43. The molecule has 0 atom stereocenters. The summed E-state index contributed by atoms with van der Waals surface area (Å²) in [4.78, 5) is 0.225. The summed E-state index contributed by atoms with van der Waals surface area (Å²) in [5.41, 5.74) is 6.10. The molecule has 0 unspecified atom stereocenters. The Morgan fingerprint density at radius 3 is 2.43 bits per heavy atom. The van der Waals surface area contributed by atoms with Gasteiger partial charge in [0.05, 0.1) is 19.8 Å². The van der Waals surface area contributed by atoms with Crippen LogP contribution in [0.25, 0.3) is 0 Å². The summed E-state index contributed by atoms with van der Waals surface area (Å²) < 4.78 is 10.2. The van der Waals surface area contributed by atoms with Gasteiger partial charge in [-0.05, 0) is 6.07 Å². The highest BCUT2D eigenvalue weighted by Gasteiger charge is 2.13. The van der Waals surface area contributed by atoms with E-state index in [9.17, 15) is 0 Å². The Morgan fingerprint density at radius 1 is 1.36 bits per heavy atom. The lowest BCUT2D eigenvalue weighted by atomic mass is 10.2. The molecule has 0 spiro atoms. The van der Waals surface area contributed by atoms with Crippen molar-refractivity contribution in [2.75, 3.05) is 14.2 Å². The summed E-state index contributed by atoms with van der Waals surface area (Å²) in [6.07, 6.45) is 0. The molecule has 0 saturated carbocycles. The molecule has 0 aliphatic heterocycles. The average molecular weight is 232 g/mol. The second-order valence-electron chi connectivity index (χ2n) is 2.55. The van der Waals surface area contributed by atoms with Crippen LogP contribution in [0, 0.1) is 0 Å². The first kappa shape index (κ1) is 11.1. The highest BCUT2D eigenvalue weighted by Crippen LogP contribution is 2.34. The van der Waals surface area contributed by atoms with E-state index in [0.29, 0.717) is 22.1 Å². The monoisotopic (exact) mass is 231 g/mol. The number of methoxy groups -OCH3 is 2. The molecule has 0 aromatic heterocycles. The minimum absolute atomic E-state index is 0.225. The molecule has 14 heavy (non-hydrogen) atoms. The van der Waals surface area contributed by atoms with E-state index in [2.05, 4.69) is 0 Å². The SMILES string of the molecule is COc1cc(Cl)cc(C(N)=S)c1OC. The van der Waals surface area contributed by atoms with Crippen LogP contribution in [-0.2, 0) is 0 Å². The molecule has 0 aliphatic rings. The maximum atomic E-state index is 5.85. The summed E-state index contributed by atoms with van der Waals surface area (Å²) in [6, 6.07) is 3.29. The van der Waals surface area contributed by atoms with Crippen molar-refractivity contribution >= 4 is 28.8 Å². The topological polar surface area (TPSA) is 44.5 Å². The van der Waals surface area contributed by atoms with Gasteiger partial charge in [0, 0.05) is 11.1 Å². The number of hydrogen-bond donors (Lipinski definition) is 1. The van der Waals surface area contributed by atoms with E-state index < -0.39 is 0 Å². The summed E-state index contributed by atoms with van der Waals surface area (Å²) >= 11 is 10.7. The minimum Gasteiger partial charge on any atom is -0.493 e. The van der Waals surface area contributed by atoms with Gasteiger partial charge in [0.1, 0.15) is 4.99 Å². The van der Waals surface area contributed by atoms with Crippen molar-refractivity contribution < 1.29 is 9.47 Å². The Bertz CT molecular complexity index is 368. The van der Waals surface area contributed by atoms with Gasteiger partial charge in [-0.25, -0.2) is 0 Å². The van der Waals surface area contributed by atoms with Crippen LogP contribution >= 0.6 is 23.8 Å². The zero-order valence-corrected chi connectivity index (χ0v) is 9.41. The fraction of sp³-hybridized carbons (Fsp3) is 0.222. The molecule has 3 nitrogen and oxygen atoms in total. The summed E-state index contributed by atoms with van der Waals surface area (Å²) in [7, 11) is 3.05. The van der Waals surface area contributed by atoms with E-state index in [1.807, 2.05) is 0 Å². The number of halogens is 1. The minimum atomic E-state index is 0.225. The van der Waals surface area contributed by atoms with Crippen molar-refractivity contribution in [1.82, 2.24) is 0 Å². The molecule has 1 aromatic carbocycles. The van der Waals surface area contributed by atoms with Crippen molar-refractivity contribution in [2.45, 2.75) is 0 Å². The van der Waals surface area contributed by atoms with E-state index in [4.69, 9.17) is 39.0 Å². The first-order valence-corrected chi connectivity index (χ1v) is 4.60. The first-order valence-electron chi connectivity index (χ1n) is 3.81. The molecule has 1 rings (SSSR count). The van der Waals surface area contributed by atoms with E-state index in [0.717, 1.165) is 0 Å². The van der Waals surface area contributed by atoms with Gasteiger partial charge < -0.3 is 15.2 Å². The van der Waals surface area contributed by atoms with Crippen molar-refractivity contribution in [2.24, 2.45) is 5.73 Å². The Kier molecular flexibility index (Phi) is 3.55. The molecular formula is C9H10ClNO2S. The van der Waals surface area contributed by atoms with Gasteiger partial charge in [0.15, 0.2) is 11.5 Å². The molecule has 0 aliphatic carbocycles. The normalized spacial score (nSPS) is 9.64. The van der Waals surface area contributed by atoms with Gasteiger partial charge in [0.25, 0.3) is 0 Å². The van der Waals surface area contributed by atoms with Gasteiger partial charge in [-0.1, -0.05) is 23.8 Å². The highest BCUT2D eigenvalue weighted by molar-refractivity contribution is 7.80. The Balaban J connectivity index is 3.39. The molecule has 0 amide bonds. The third-order valence-corrected chi connectivity index (χ3v) is 2.15. The van der Waals surface area contributed by atoms with Crippen LogP contribution in [0.1, 0.15) is 5.56 Å². The molecule has 2 N–H and O–H groups in total. The fourth-order valence-electron chi connectivity index (χ4n) is 1.11. The molecule has 1 aromatic rings. The van der Waals surface area contributed by atoms with Gasteiger partial charge in [0.2, 0.25) is 0 Å². The molecule has 0 radical (unpaired) electrons. The molecular weight excluding hydrogens is 222 g/mol. The van der Waals surface area contributed by atoms with Crippen LogP contribution in [0.3, 0.4) is 0 Å². The predicted octanol–water partition coefficient (Wildman–Crippen LogP) is 1.99. The number of ether oxygens (including phenoxy) is 2. The number of hydrogen-bond acceptors (Lipinski definition) is 3. The molecule has 5 heteroatoms. The second kappa shape index (κ2) is 4.48. The zero-order chi connectivity index (χ0) is 10.7. The van der Waals surface area contributed by atoms with Crippen LogP contribution in [0.4, 0.5) is 0 Å². The Hall–Kier alpha value is -1.00. The largest absolute Gasteiger partial charge is 0.493 e. The van der Waals surface area contributed by atoms with Crippen molar-refractivity contribution in [3.05, 3.63) is 22.7 Å². The van der Waals surface area contributed by atoms with Gasteiger partial charge in [-0.3, -0.25) is 0 Å². The summed E-state index contributed by atoms with van der Waals surface area (Å²) in [5, 5.41) is 0.505. The maximum absolute atomic E-state index is 5.85.